The summed E-state index contributed by atoms with van der Waals surface area (Å²) in [5.41, 5.74) is 1.86. The van der Waals surface area contributed by atoms with E-state index in [1.54, 1.807) is 14.2 Å². The summed E-state index contributed by atoms with van der Waals surface area (Å²) in [6.45, 7) is 22.8. The zero-order chi connectivity index (χ0) is 63.3. The predicted molar refractivity (Wildman–Crippen MR) is 337 cm³/mol. The molecule has 88 heavy (non-hydrogen) atoms. The minimum Gasteiger partial charge on any atom is -0.481 e. The zero-order valence-electron chi connectivity index (χ0n) is 56.6. The molecule has 0 radical (unpaired) electrons. The van der Waals surface area contributed by atoms with E-state index in [0.29, 0.717) is 171 Å². The summed E-state index contributed by atoms with van der Waals surface area (Å²) in [7, 11) is 3.29. The third-order valence-corrected chi connectivity index (χ3v) is 31.2. The van der Waals surface area contributed by atoms with Crippen LogP contribution in [0.15, 0.2) is 0 Å². The van der Waals surface area contributed by atoms with Gasteiger partial charge in [-0.3, -0.25) is 15.3 Å². The Morgan fingerprint density at radius 1 is 0.477 bits per heavy atom. The Morgan fingerprint density at radius 3 is 1.24 bits per heavy atom. The van der Waals surface area contributed by atoms with Crippen LogP contribution < -0.4 is 0 Å². The van der Waals surface area contributed by atoms with Crippen molar-refractivity contribution >= 4 is 5.97 Å². The van der Waals surface area contributed by atoms with Crippen LogP contribution in [0.2, 0.25) is 0 Å². The molecule has 0 heterocycles. The quantitative estimate of drug-likeness (QED) is 0.0717. The fourth-order valence-corrected chi connectivity index (χ4v) is 26.8. The van der Waals surface area contributed by atoms with Gasteiger partial charge in [0.15, 0.2) is 0 Å². The molecule has 0 aromatic heterocycles. The third-order valence-electron chi connectivity index (χ3n) is 31.2. The van der Waals surface area contributed by atoms with E-state index >= 15 is 0 Å². The lowest BCUT2D eigenvalue weighted by Crippen LogP contribution is -2.59. The Hall–Kier alpha value is -1.95. The van der Waals surface area contributed by atoms with Gasteiger partial charge in [-0.05, 0) is 311 Å². The summed E-state index contributed by atoms with van der Waals surface area (Å²) in [5, 5.41) is 67.0. The number of carboxylic acids is 1. The van der Waals surface area contributed by atoms with E-state index in [1.165, 1.54) is 89.9 Å². The van der Waals surface area contributed by atoms with Crippen molar-refractivity contribution in [3.63, 3.8) is 0 Å². The van der Waals surface area contributed by atoms with Gasteiger partial charge in [-0.1, -0.05) is 62.3 Å². The fourth-order valence-electron chi connectivity index (χ4n) is 26.8. The molecule has 30 atom stereocenters. The van der Waals surface area contributed by atoms with Crippen molar-refractivity contribution in [2.75, 3.05) is 27.4 Å². The Bertz CT molecular complexity index is 2420. The first kappa shape index (κ1) is 68.9. The highest BCUT2D eigenvalue weighted by atomic mass is 17.2. The minimum atomic E-state index is -0.678. The molecule has 12 fully saturated rings. The SMILES string of the molecule is COO[C@@H]1C[C@@H]2C[C@H](COO)CC[C@]2(C)[C@H]2CC[C@]3(C)[C@@H]([C@H](C)CC#N)CC[C@H]3[C@H]12.COO[C@@H]1C[C@@H]2C[C@H](COO)CC[C@]2(C)[C@H]2CC[C@]3(C)[C@@H]([C@H](C)CCC(=O)O)CC[C@H]3[C@H]12.C[C@H](CC#N)[C@H]1CC[C@H]2[C@@H]3[C@H](O)C[C@@H]4C[C@H](O)CC[C@]4(C)[C@H]3CC[C@]12C. The zero-order valence-corrected chi connectivity index (χ0v) is 56.6. The van der Waals surface area contributed by atoms with Crippen molar-refractivity contribution in [1.29, 1.82) is 10.5 Å². The summed E-state index contributed by atoms with van der Waals surface area (Å²) in [5.74, 6) is 10.5. The van der Waals surface area contributed by atoms with E-state index in [4.69, 9.17) is 30.1 Å². The molecule has 0 bridgehead atoms. The van der Waals surface area contributed by atoms with Crippen molar-refractivity contribution in [1.82, 2.24) is 0 Å². The standard InChI is InChI=1S/C26H44O6.C25H41NO4.C23H37NO2/c1-16(5-8-23(27)28)19-6-7-20-24-21(10-12-26(19,20)3)25(2)11-9-17(15-31-29)13-18(25)14-22(24)32-30-4;1-16(9-12-26)19-5-6-20-23-21(8-11-25(19,20)3)24(2)10-7-17(15-29-27)13-18(24)14-22(23)30-28-4;1-14(8-11-24)17-4-5-18-21-19(7-10-23(17,18)3)22(2)9-6-16(25)12-15(22)13-20(21)26/h16-22,24,29H,5-15H2,1-4H3,(H,27,28);16-23,27H,5-11,13-15H2,1-4H3;14-21,25-26H,4-10,12-13H2,1-3H3/t16-,17-,18+,19-,20+,21+,22-,24+,25+,26-;16-,17-,18+,19-,20+,21+,22-,23+,24+,25-;14-,15+,16-,17-,18+,19+,20-,21+,22+,23-/m111/s1. The molecule has 0 unspecified atom stereocenters. The van der Waals surface area contributed by atoms with Gasteiger partial charge in [0.2, 0.25) is 0 Å². The second-order valence-corrected chi connectivity index (χ2v) is 34.4. The maximum absolute atomic E-state index is 11.2. The lowest BCUT2D eigenvalue weighted by molar-refractivity contribution is -0.345. The minimum absolute atomic E-state index is 0.120. The molecule has 12 saturated carbocycles. The van der Waals surface area contributed by atoms with Gasteiger partial charge < -0.3 is 15.3 Å². The molecule has 0 amide bonds. The number of hydrogen-bond acceptors (Lipinski definition) is 13. The largest absolute Gasteiger partial charge is 0.481 e. The van der Waals surface area contributed by atoms with Crippen LogP contribution in [-0.2, 0) is 34.1 Å². The van der Waals surface area contributed by atoms with E-state index in [1.807, 2.05) is 0 Å². The van der Waals surface area contributed by atoms with Crippen LogP contribution in [0, 0.1) is 174 Å². The first-order valence-electron chi connectivity index (χ1n) is 36.2. The van der Waals surface area contributed by atoms with E-state index in [0.717, 1.165) is 70.6 Å². The summed E-state index contributed by atoms with van der Waals surface area (Å²) in [6, 6.07) is 4.82. The van der Waals surface area contributed by atoms with E-state index in [-0.39, 0.29) is 36.3 Å². The number of carboxylic acid groups (broad SMARTS) is 1. The van der Waals surface area contributed by atoms with Gasteiger partial charge in [0.05, 0.1) is 64.0 Å². The van der Waals surface area contributed by atoms with E-state index < -0.39 is 5.97 Å². The number of fused-ring (bicyclic) bond motifs is 15. The molecule has 0 aromatic carbocycles. The lowest BCUT2D eigenvalue weighted by Gasteiger charge is -2.63. The number of nitriles is 2. The molecule has 0 saturated heterocycles. The van der Waals surface area contributed by atoms with Crippen LogP contribution in [0.1, 0.15) is 242 Å². The number of aliphatic hydroxyl groups excluding tert-OH is 2. The van der Waals surface area contributed by atoms with Gasteiger partial charge in [0, 0.05) is 19.3 Å². The molecule has 12 aliphatic rings. The molecule has 5 N–H and O–H groups in total. The second-order valence-electron chi connectivity index (χ2n) is 34.4. The third kappa shape index (κ3) is 12.4. The van der Waals surface area contributed by atoms with Gasteiger partial charge in [-0.2, -0.15) is 10.5 Å². The maximum Gasteiger partial charge on any atom is 0.303 e. The topological polar surface area (TPSA) is 221 Å². The van der Waals surface area contributed by atoms with Crippen molar-refractivity contribution in [3.05, 3.63) is 0 Å². The molecular weight excluding hydrogens is 1110 g/mol. The highest BCUT2D eigenvalue weighted by Crippen LogP contribution is 2.73. The molecule has 14 heteroatoms. The van der Waals surface area contributed by atoms with Crippen molar-refractivity contribution < 1.29 is 60.0 Å². The lowest BCUT2D eigenvalue weighted by atomic mass is 9.43. The van der Waals surface area contributed by atoms with E-state index in [2.05, 4.69) is 84.2 Å². The Kier molecular flexibility index (Phi) is 21.8. The number of rotatable bonds is 16. The number of carbonyl (C=O) groups is 1. The Balaban J connectivity index is 0.000000147. The van der Waals surface area contributed by atoms with Gasteiger partial charge in [-0.25, -0.2) is 29.3 Å². The highest BCUT2D eigenvalue weighted by Gasteiger charge is 2.67. The maximum atomic E-state index is 11.2. The summed E-state index contributed by atoms with van der Waals surface area (Å²) < 4.78 is 0. The van der Waals surface area contributed by atoms with Gasteiger partial charge >= 0.3 is 5.97 Å². The van der Waals surface area contributed by atoms with E-state index in [9.17, 15) is 30.6 Å². The predicted octanol–water partition coefficient (Wildman–Crippen LogP) is 16.2. The number of hydrogen-bond donors (Lipinski definition) is 5. The first-order chi connectivity index (χ1) is 41.9. The molecule has 500 valence electrons. The molecule has 0 aliphatic heterocycles. The van der Waals surface area contributed by atoms with Crippen LogP contribution in [-0.4, -0.2) is 83.7 Å². The van der Waals surface area contributed by atoms with Crippen LogP contribution in [0.5, 0.6) is 0 Å². The second kappa shape index (κ2) is 27.8. The normalized spacial score (nSPS) is 49.8. The Morgan fingerprint density at radius 2 is 0.841 bits per heavy atom. The Labute approximate surface area is 531 Å². The summed E-state index contributed by atoms with van der Waals surface area (Å²) in [6.07, 6.45) is 30.1. The average molecular weight is 1230 g/mol. The molecule has 12 aliphatic carbocycles. The number of nitrogens with zero attached hydrogens (tertiary/aromatic N) is 2. The van der Waals surface area contributed by atoms with Crippen LogP contribution >= 0.6 is 0 Å². The molecule has 14 nitrogen and oxygen atoms in total. The van der Waals surface area contributed by atoms with Crippen LogP contribution in [0.3, 0.4) is 0 Å². The molecule has 0 spiro atoms. The van der Waals surface area contributed by atoms with Gasteiger partial charge in [0.1, 0.15) is 0 Å². The monoisotopic (exact) mass is 1230 g/mol. The number of aliphatic hydroxyl groups is 2. The van der Waals surface area contributed by atoms with Crippen molar-refractivity contribution in [2.24, 2.45) is 151 Å². The van der Waals surface area contributed by atoms with Gasteiger partial charge in [-0.15, -0.1) is 0 Å². The first-order valence-corrected chi connectivity index (χ1v) is 36.2. The fraction of sp³-hybridized carbons (Fsp3) is 0.959. The van der Waals surface area contributed by atoms with Crippen molar-refractivity contribution in [3.8, 4) is 12.1 Å². The molecular formula is C74H122N2O12. The summed E-state index contributed by atoms with van der Waals surface area (Å²) in [4.78, 5) is 42.8. The number of aliphatic carboxylic acids is 1. The van der Waals surface area contributed by atoms with Crippen LogP contribution in [0.4, 0.5) is 0 Å². The molecule has 0 aromatic rings. The highest BCUT2D eigenvalue weighted by molar-refractivity contribution is 5.66. The molecule has 12 rings (SSSR count). The van der Waals surface area contributed by atoms with Crippen LogP contribution in [0.25, 0.3) is 0 Å². The average Bonchev–Trinajstić information content (AvgIpc) is 1.35. The smallest absolute Gasteiger partial charge is 0.303 e. The van der Waals surface area contributed by atoms with Gasteiger partial charge in [0.25, 0.3) is 0 Å². The summed E-state index contributed by atoms with van der Waals surface area (Å²) >= 11 is 0. The van der Waals surface area contributed by atoms with Crippen molar-refractivity contribution in [2.45, 2.75) is 267 Å².